The molecule has 1 unspecified atom stereocenters. The van der Waals surface area contributed by atoms with Gasteiger partial charge in [0.2, 0.25) is 0 Å². The monoisotopic (exact) mass is 476 g/mol. The van der Waals surface area contributed by atoms with Gasteiger partial charge >= 0.3 is 7.60 Å². The van der Waals surface area contributed by atoms with E-state index in [4.69, 9.17) is 14.8 Å². The topological polar surface area (TPSA) is 64.8 Å². The van der Waals surface area contributed by atoms with Crippen molar-refractivity contribution in [1.29, 1.82) is 0 Å². The first-order valence-corrected chi connectivity index (χ1v) is 17.2. The minimum Gasteiger partial charge on any atom is -0.330 e. The quantitative estimate of drug-likeness (QED) is 0.268. The summed E-state index contributed by atoms with van der Waals surface area (Å²) in [6.07, 6.45) is 0.339. The summed E-state index contributed by atoms with van der Waals surface area (Å²) in [7, 11) is -4.45. The van der Waals surface area contributed by atoms with Crippen LogP contribution >= 0.6 is 7.60 Å². The van der Waals surface area contributed by atoms with Crippen molar-refractivity contribution in [2.24, 2.45) is 5.73 Å². The highest BCUT2D eigenvalue weighted by molar-refractivity contribution is 7.53. The van der Waals surface area contributed by atoms with Gasteiger partial charge in [-0.2, -0.15) is 0 Å². The Kier molecular flexibility index (Phi) is 10.8. The molecule has 0 heterocycles. The van der Waals surface area contributed by atoms with Crippen molar-refractivity contribution in [3.05, 3.63) is 71.8 Å². The van der Waals surface area contributed by atoms with E-state index in [0.717, 1.165) is 19.1 Å². The number of nitrogens with two attached hydrogens (primary N) is 1. The maximum absolute atomic E-state index is 13.1. The molecule has 32 heavy (non-hydrogen) atoms. The number of benzene rings is 2. The minimum absolute atomic E-state index is 0.00725. The molecule has 0 aliphatic rings. The average molecular weight is 477 g/mol. The maximum atomic E-state index is 13.1. The molecule has 0 fully saturated rings. The van der Waals surface area contributed by atoms with Crippen LogP contribution in [0.15, 0.2) is 60.7 Å². The Morgan fingerprint density at radius 1 is 0.969 bits per heavy atom. The zero-order chi connectivity index (χ0) is 23.6. The standard InChI is InChI=1S/C25H41N2O3PSi/c1-22(25(16-17-26)30-31(2,28)29-18-19-32(3,4)5)27(20-23-12-8-6-9-13-23)21-24-14-10-7-11-15-24/h6-15,22,25H,16-21,26H2,1-5H3/t22-,25-,31?/m0/s1. The highest BCUT2D eigenvalue weighted by Gasteiger charge is 2.31. The molecule has 178 valence electrons. The van der Waals surface area contributed by atoms with Crippen molar-refractivity contribution in [3.63, 3.8) is 0 Å². The fourth-order valence-corrected chi connectivity index (χ4v) is 5.70. The lowest BCUT2D eigenvalue weighted by Gasteiger charge is -2.36. The highest BCUT2D eigenvalue weighted by Crippen LogP contribution is 2.47. The highest BCUT2D eigenvalue weighted by atomic mass is 31.2. The summed E-state index contributed by atoms with van der Waals surface area (Å²) < 4.78 is 25.0. The molecule has 0 aliphatic heterocycles. The van der Waals surface area contributed by atoms with Gasteiger partial charge in [-0.15, -0.1) is 0 Å². The van der Waals surface area contributed by atoms with Gasteiger partial charge in [-0.05, 0) is 37.1 Å². The van der Waals surface area contributed by atoms with Crippen molar-refractivity contribution in [2.75, 3.05) is 19.8 Å². The smallest absolute Gasteiger partial charge is 0.327 e. The van der Waals surface area contributed by atoms with Gasteiger partial charge in [0, 0.05) is 33.9 Å². The molecular formula is C25H41N2O3PSi. The number of hydrogen-bond donors (Lipinski definition) is 1. The Bertz CT molecular complexity index is 789. The number of rotatable bonds is 14. The molecule has 2 aromatic rings. The van der Waals surface area contributed by atoms with Crippen molar-refractivity contribution < 1.29 is 13.6 Å². The third-order valence-electron chi connectivity index (χ3n) is 5.53. The van der Waals surface area contributed by atoms with Gasteiger partial charge in [-0.3, -0.25) is 9.46 Å². The Balaban J connectivity index is 2.16. The van der Waals surface area contributed by atoms with Crippen LogP contribution in [0.5, 0.6) is 0 Å². The van der Waals surface area contributed by atoms with E-state index in [0.29, 0.717) is 19.6 Å². The number of nitrogens with zero attached hydrogens (tertiary/aromatic N) is 1. The molecule has 0 bridgehead atoms. The van der Waals surface area contributed by atoms with Crippen LogP contribution in [0.1, 0.15) is 24.5 Å². The molecule has 0 radical (unpaired) electrons. The van der Waals surface area contributed by atoms with Crippen LogP contribution < -0.4 is 5.73 Å². The number of hydrogen-bond acceptors (Lipinski definition) is 5. The molecule has 0 saturated carbocycles. The second-order valence-electron chi connectivity index (χ2n) is 9.75. The molecule has 0 amide bonds. The zero-order valence-corrected chi connectivity index (χ0v) is 22.3. The zero-order valence-electron chi connectivity index (χ0n) is 20.4. The Labute approximate surface area is 195 Å². The van der Waals surface area contributed by atoms with Crippen LogP contribution in [0.2, 0.25) is 25.7 Å². The van der Waals surface area contributed by atoms with Gasteiger partial charge in [-0.25, -0.2) is 0 Å². The van der Waals surface area contributed by atoms with Gasteiger partial charge in [0.25, 0.3) is 0 Å². The Morgan fingerprint density at radius 2 is 1.47 bits per heavy atom. The Hall–Kier alpha value is -1.27. The van der Waals surface area contributed by atoms with Crippen LogP contribution in [0.3, 0.4) is 0 Å². The van der Waals surface area contributed by atoms with Crippen LogP contribution in [0.25, 0.3) is 0 Å². The summed E-state index contributed by atoms with van der Waals surface area (Å²) in [4.78, 5) is 2.37. The van der Waals surface area contributed by atoms with E-state index in [2.05, 4.69) is 80.0 Å². The molecule has 0 aliphatic carbocycles. The molecule has 0 saturated heterocycles. The molecule has 0 aromatic heterocycles. The van der Waals surface area contributed by atoms with Crippen LogP contribution in [-0.4, -0.2) is 44.9 Å². The molecule has 2 rings (SSSR count). The van der Waals surface area contributed by atoms with E-state index in [9.17, 15) is 4.57 Å². The van der Waals surface area contributed by atoms with Crippen LogP contribution in [0, 0.1) is 0 Å². The van der Waals surface area contributed by atoms with Gasteiger partial charge in [0.15, 0.2) is 0 Å². The largest absolute Gasteiger partial charge is 0.330 e. The fourth-order valence-electron chi connectivity index (χ4n) is 3.56. The summed E-state index contributed by atoms with van der Waals surface area (Å²) in [5.41, 5.74) is 8.38. The van der Waals surface area contributed by atoms with Gasteiger partial charge in [0.05, 0.1) is 12.7 Å². The molecule has 2 aromatic carbocycles. The van der Waals surface area contributed by atoms with E-state index in [1.54, 1.807) is 6.66 Å². The SMILES string of the molecule is C[C@@H]([C@H](CCN)OP(C)(=O)OCC[Si](C)(C)C)N(Cc1ccccc1)Cc1ccccc1. The molecule has 0 spiro atoms. The van der Waals surface area contributed by atoms with E-state index >= 15 is 0 Å². The lowest BCUT2D eigenvalue weighted by Crippen LogP contribution is -2.42. The van der Waals surface area contributed by atoms with Crippen molar-refractivity contribution in [1.82, 2.24) is 4.90 Å². The molecule has 5 nitrogen and oxygen atoms in total. The molecular weight excluding hydrogens is 435 g/mol. The van der Waals surface area contributed by atoms with Crippen molar-refractivity contribution in [3.8, 4) is 0 Å². The van der Waals surface area contributed by atoms with Gasteiger partial charge < -0.3 is 14.8 Å². The third kappa shape index (κ3) is 10.1. The summed E-state index contributed by atoms with van der Waals surface area (Å²) >= 11 is 0. The molecule has 2 N–H and O–H groups in total. The summed E-state index contributed by atoms with van der Waals surface area (Å²) in [6, 6.07) is 21.8. The first-order chi connectivity index (χ1) is 15.1. The fraction of sp³-hybridized carbons (Fsp3) is 0.520. The van der Waals surface area contributed by atoms with Crippen LogP contribution in [0.4, 0.5) is 0 Å². The Morgan fingerprint density at radius 3 is 1.91 bits per heavy atom. The van der Waals surface area contributed by atoms with Crippen LogP contribution in [-0.2, 0) is 26.7 Å². The molecule has 7 heteroatoms. The van der Waals surface area contributed by atoms with E-state index in [1.165, 1.54) is 11.1 Å². The second-order valence-corrected chi connectivity index (χ2v) is 17.4. The lowest BCUT2D eigenvalue weighted by atomic mass is 10.1. The van der Waals surface area contributed by atoms with E-state index in [-0.39, 0.29) is 12.1 Å². The normalized spacial score (nSPS) is 16.0. The van der Waals surface area contributed by atoms with Crippen molar-refractivity contribution >= 4 is 15.7 Å². The second kappa shape index (κ2) is 12.8. The van der Waals surface area contributed by atoms with Gasteiger partial charge in [-0.1, -0.05) is 80.3 Å². The summed E-state index contributed by atoms with van der Waals surface area (Å²) in [6.45, 7) is 13.0. The van der Waals surface area contributed by atoms with Crippen molar-refractivity contribution in [2.45, 2.75) is 64.3 Å². The van der Waals surface area contributed by atoms with Gasteiger partial charge in [0.1, 0.15) is 0 Å². The predicted molar refractivity (Wildman–Crippen MR) is 138 cm³/mol. The van der Waals surface area contributed by atoms with E-state index < -0.39 is 15.7 Å². The summed E-state index contributed by atoms with van der Waals surface area (Å²) in [5.74, 6) is 0. The summed E-state index contributed by atoms with van der Waals surface area (Å²) in [5, 5.41) is 0. The average Bonchev–Trinajstić information content (AvgIpc) is 2.73. The first-order valence-electron chi connectivity index (χ1n) is 11.5. The molecule has 3 atom stereocenters. The third-order valence-corrected chi connectivity index (χ3v) is 8.54. The van der Waals surface area contributed by atoms with E-state index in [1.807, 2.05) is 12.1 Å². The first kappa shape index (κ1) is 27.0. The minimum atomic E-state index is -3.18. The lowest BCUT2D eigenvalue weighted by molar-refractivity contribution is 0.0498. The maximum Gasteiger partial charge on any atom is 0.327 e. The predicted octanol–water partition coefficient (Wildman–Crippen LogP) is 5.99.